The first kappa shape index (κ1) is 17.9. The molecule has 2 aromatic carbocycles. The van der Waals surface area contributed by atoms with Crippen molar-refractivity contribution in [3.05, 3.63) is 77.5 Å². The van der Waals surface area contributed by atoms with Crippen molar-refractivity contribution in [3.8, 4) is 0 Å². The van der Waals surface area contributed by atoms with Gasteiger partial charge in [0.2, 0.25) is 5.54 Å². The topological polar surface area (TPSA) is 46.6 Å². The summed E-state index contributed by atoms with van der Waals surface area (Å²) in [6.45, 7) is 1.85. The van der Waals surface area contributed by atoms with Crippen molar-refractivity contribution in [2.24, 2.45) is 0 Å². The normalized spacial score (nSPS) is 22.0. The SMILES string of the molecule is C[C@]1(C(=O)OCc2ccccc2)C(=O)C2=C(CCSC2)N1c1ccccc1. The molecule has 138 valence electrons. The summed E-state index contributed by atoms with van der Waals surface area (Å²) in [5.41, 5.74) is 2.12. The standard InChI is InChI=1S/C22H21NO3S/c1-22(21(25)26-14-16-8-4-2-5-9-16)20(24)18-15-27-13-12-19(18)23(22)17-10-6-3-7-11-17/h2-11H,12-15H2,1H3/t22-/m1/s1. The Balaban J connectivity index is 1.68. The fourth-order valence-electron chi connectivity index (χ4n) is 3.72. The number of allylic oxidation sites excluding steroid dienone is 1. The molecule has 0 aromatic heterocycles. The van der Waals surface area contributed by atoms with E-state index in [0.29, 0.717) is 5.75 Å². The van der Waals surface area contributed by atoms with Crippen LogP contribution in [-0.4, -0.2) is 28.8 Å². The molecule has 0 bridgehead atoms. The summed E-state index contributed by atoms with van der Waals surface area (Å²) in [6.07, 6.45) is 0.780. The van der Waals surface area contributed by atoms with Gasteiger partial charge in [0.15, 0.2) is 5.78 Å². The van der Waals surface area contributed by atoms with E-state index in [1.807, 2.05) is 65.6 Å². The number of hydrogen-bond acceptors (Lipinski definition) is 5. The maximum Gasteiger partial charge on any atom is 0.340 e. The van der Waals surface area contributed by atoms with Crippen LogP contribution in [0.1, 0.15) is 18.9 Å². The highest BCUT2D eigenvalue weighted by Gasteiger charge is 2.56. The lowest BCUT2D eigenvalue weighted by molar-refractivity contribution is -0.153. The van der Waals surface area contributed by atoms with Crippen molar-refractivity contribution in [2.75, 3.05) is 16.4 Å². The number of ketones is 1. The average Bonchev–Trinajstić information content (AvgIpc) is 2.96. The highest BCUT2D eigenvalue weighted by molar-refractivity contribution is 7.99. The molecule has 0 N–H and O–H groups in total. The summed E-state index contributed by atoms with van der Waals surface area (Å²) in [6, 6.07) is 19.2. The first-order valence-electron chi connectivity index (χ1n) is 9.03. The van der Waals surface area contributed by atoms with Crippen molar-refractivity contribution < 1.29 is 14.3 Å². The third-order valence-corrected chi connectivity index (χ3v) is 6.12. The number of nitrogens with zero attached hydrogens (tertiary/aromatic N) is 1. The molecular weight excluding hydrogens is 358 g/mol. The highest BCUT2D eigenvalue weighted by atomic mass is 32.2. The van der Waals surface area contributed by atoms with Crippen LogP contribution in [0.2, 0.25) is 0 Å². The second kappa shape index (κ2) is 7.24. The molecule has 5 heteroatoms. The summed E-state index contributed by atoms with van der Waals surface area (Å²) in [5.74, 6) is 0.968. The molecule has 2 aromatic rings. The van der Waals surface area contributed by atoms with Crippen molar-refractivity contribution in [1.82, 2.24) is 0 Å². The Morgan fingerprint density at radius 3 is 2.48 bits per heavy atom. The monoisotopic (exact) mass is 379 g/mol. The predicted molar refractivity (Wildman–Crippen MR) is 108 cm³/mol. The molecule has 0 saturated carbocycles. The first-order chi connectivity index (χ1) is 13.1. The maximum atomic E-state index is 13.3. The van der Waals surface area contributed by atoms with E-state index in [2.05, 4.69) is 0 Å². The minimum atomic E-state index is -1.36. The number of carbonyl (C=O) groups excluding carboxylic acids is 2. The zero-order valence-corrected chi connectivity index (χ0v) is 16.0. The van der Waals surface area contributed by atoms with Gasteiger partial charge in [-0.25, -0.2) is 4.79 Å². The molecule has 0 unspecified atom stereocenters. The Hall–Kier alpha value is -2.53. The number of esters is 1. The molecule has 0 radical (unpaired) electrons. The Morgan fingerprint density at radius 1 is 1.11 bits per heavy atom. The van der Waals surface area contributed by atoms with E-state index in [9.17, 15) is 9.59 Å². The van der Waals surface area contributed by atoms with Crippen LogP contribution in [0.3, 0.4) is 0 Å². The van der Waals surface area contributed by atoms with E-state index in [-0.39, 0.29) is 12.4 Å². The van der Waals surface area contributed by atoms with Gasteiger partial charge in [0.25, 0.3) is 0 Å². The lowest BCUT2D eigenvalue weighted by atomic mass is 9.94. The van der Waals surface area contributed by atoms with E-state index in [1.54, 1.807) is 18.7 Å². The molecule has 27 heavy (non-hydrogen) atoms. The van der Waals surface area contributed by atoms with Gasteiger partial charge in [-0.15, -0.1) is 0 Å². The van der Waals surface area contributed by atoms with Crippen LogP contribution in [0.4, 0.5) is 5.69 Å². The third kappa shape index (κ3) is 3.06. The van der Waals surface area contributed by atoms with Gasteiger partial charge in [-0.2, -0.15) is 11.8 Å². The fourth-order valence-corrected chi connectivity index (χ4v) is 4.71. The molecule has 0 fully saturated rings. The van der Waals surface area contributed by atoms with Gasteiger partial charge in [-0.05, 0) is 36.8 Å². The van der Waals surface area contributed by atoms with Crippen LogP contribution in [-0.2, 0) is 20.9 Å². The highest BCUT2D eigenvalue weighted by Crippen LogP contribution is 2.44. The minimum absolute atomic E-state index is 0.133. The Labute approximate surface area is 163 Å². The molecule has 0 amide bonds. The van der Waals surface area contributed by atoms with Crippen molar-refractivity contribution in [3.63, 3.8) is 0 Å². The number of Topliss-reactive ketones (excluding diaryl/α,β-unsaturated/α-hetero) is 1. The van der Waals surface area contributed by atoms with Gasteiger partial charge >= 0.3 is 5.97 Å². The largest absolute Gasteiger partial charge is 0.459 e. The molecule has 2 aliphatic rings. The second-order valence-electron chi connectivity index (χ2n) is 6.86. The molecule has 0 spiro atoms. The Kier molecular flexibility index (Phi) is 4.79. The van der Waals surface area contributed by atoms with E-state index >= 15 is 0 Å². The predicted octanol–water partition coefficient (Wildman–Crippen LogP) is 3.97. The maximum absolute atomic E-state index is 13.3. The van der Waals surface area contributed by atoms with Crippen molar-refractivity contribution >= 4 is 29.2 Å². The van der Waals surface area contributed by atoms with Gasteiger partial charge < -0.3 is 9.64 Å². The number of anilines is 1. The smallest absolute Gasteiger partial charge is 0.340 e. The van der Waals surface area contributed by atoms with Crippen molar-refractivity contribution in [2.45, 2.75) is 25.5 Å². The third-order valence-electron chi connectivity index (χ3n) is 5.14. The molecule has 0 saturated heterocycles. The number of carbonyl (C=O) groups is 2. The van der Waals surface area contributed by atoms with Crippen LogP contribution < -0.4 is 4.90 Å². The molecule has 1 atom stereocenters. The molecule has 4 nitrogen and oxygen atoms in total. The molecule has 4 rings (SSSR count). The van der Waals surface area contributed by atoms with Gasteiger partial charge in [0.05, 0.1) is 0 Å². The van der Waals surface area contributed by atoms with Gasteiger partial charge in [-0.1, -0.05) is 48.5 Å². The van der Waals surface area contributed by atoms with Crippen LogP contribution in [0.25, 0.3) is 0 Å². The Morgan fingerprint density at radius 2 is 1.78 bits per heavy atom. The zero-order chi connectivity index (χ0) is 18.9. The number of hydrogen-bond donors (Lipinski definition) is 0. The van der Waals surface area contributed by atoms with Crippen LogP contribution in [0, 0.1) is 0 Å². The number of benzene rings is 2. The summed E-state index contributed by atoms with van der Waals surface area (Å²) in [4.78, 5) is 28.3. The summed E-state index contributed by atoms with van der Waals surface area (Å²) >= 11 is 1.74. The van der Waals surface area contributed by atoms with E-state index < -0.39 is 11.5 Å². The van der Waals surface area contributed by atoms with Gasteiger partial charge in [0.1, 0.15) is 6.61 Å². The summed E-state index contributed by atoms with van der Waals surface area (Å²) in [5, 5.41) is 0. The first-order valence-corrected chi connectivity index (χ1v) is 10.2. The minimum Gasteiger partial charge on any atom is -0.459 e. The van der Waals surface area contributed by atoms with Gasteiger partial charge in [0, 0.05) is 22.7 Å². The van der Waals surface area contributed by atoms with E-state index in [4.69, 9.17) is 4.74 Å². The molecular formula is C22H21NO3S. The van der Waals surface area contributed by atoms with Gasteiger partial charge in [-0.3, -0.25) is 4.79 Å². The quantitative estimate of drug-likeness (QED) is 0.594. The van der Waals surface area contributed by atoms with Crippen molar-refractivity contribution in [1.29, 1.82) is 0 Å². The number of para-hydroxylation sites is 1. The van der Waals surface area contributed by atoms with Crippen LogP contribution >= 0.6 is 11.8 Å². The van der Waals surface area contributed by atoms with E-state index in [1.165, 1.54) is 0 Å². The zero-order valence-electron chi connectivity index (χ0n) is 15.2. The van der Waals surface area contributed by atoms with Crippen LogP contribution in [0.5, 0.6) is 0 Å². The number of rotatable bonds is 4. The summed E-state index contributed by atoms with van der Waals surface area (Å²) < 4.78 is 5.61. The average molecular weight is 379 g/mol. The number of ether oxygens (including phenoxy) is 1. The van der Waals surface area contributed by atoms with Crippen LogP contribution in [0.15, 0.2) is 71.9 Å². The lowest BCUT2D eigenvalue weighted by Crippen LogP contribution is -2.54. The van der Waals surface area contributed by atoms with E-state index in [0.717, 1.165) is 34.7 Å². The molecule has 0 aliphatic carbocycles. The second-order valence-corrected chi connectivity index (χ2v) is 7.97. The molecule has 2 heterocycles. The lowest BCUT2D eigenvalue weighted by Gasteiger charge is -2.35. The summed E-state index contributed by atoms with van der Waals surface area (Å²) in [7, 11) is 0. The molecule has 2 aliphatic heterocycles. The Bertz CT molecular complexity index is 894. The fraction of sp³-hybridized carbons (Fsp3) is 0.273. The number of thioether (sulfide) groups is 1.